The van der Waals surface area contributed by atoms with Gasteiger partial charge in [-0.1, -0.05) is 24.3 Å². The Morgan fingerprint density at radius 3 is 2.07 bits per heavy atom. The summed E-state index contributed by atoms with van der Waals surface area (Å²) in [5.74, 6) is 0.0752. The number of aliphatic hydroxyl groups is 1. The predicted octanol–water partition coefficient (Wildman–Crippen LogP) is 1.60. The molecule has 0 spiro atoms. The second-order valence-electron chi connectivity index (χ2n) is 4.76. The summed E-state index contributed by atoms with van der Waals surface area (Å²) in [4.78, 5) is 11.8. The highest BCUT2D eigenvalue weighted by molar-refractivity contribution is 5.98. The number of allylic oxidation sites excluding steroid dienone is 4. The fourth-order valence-corrected chi connectivity index (χ4v) is 3.49. The first-order valence-corrected chi connectivity index (χ1v) is 5.25. The van der Waals surface area contributed by atoms with Crippen molar-refractivity contribution in [2.24, 2.45) is 10.8 Å². The normalized spacial score (nSPS) is 49.5. The molecule has 2 heteroatoms. The molecule has 0 aromatic rings. The summed E-state index contributed by atoms with van der Waals surface area (Å²) in [6.07, 6.45) is 11.1. The van der Waals surface area contributed by atoms with Crippen molar-refractivity contribution in [3.8, 4) is 0 Å². The van der Waals surface area contributed by atoms with Gasteiger partial charge in [0.25, 0.3) is 0 Å². The number of rotatable bonds is 0. The molecule has 14 heavy (non-hydrogen) atoms. The van der Waals surface area contributed by atoms with E-state index in [2.05, 4.69) is 24.3 Å². The van der Waals surface area contributed by atoms with Gasteiger partial charge >= 0.3 is 0 Å². The van der Waals surface area contributed by atoms with Crippen molar-refractivity contribution >= 4 is 5.78 Å². The second kappa shape index (κ2) is 2.37. The molecule has 3 aliphatic rings. The molecule has 1 atom stereocenters. The summed E-state index contributed by atoms with van der Waals surface area (Å²) in [6, 6.07) is 0. The van der Waals surface area contributed by atoms with Gasteiger partial charge in [-0.3, -0.25) is 4.79 Å². The molecular weight excluding hydrogens is 176 g/mol. The van der Waals surface area contributed by atoms with Gasteiger partial charge in [-0.15, -0.1) is 0 Å². The molecule has 0 saturated heterocycles. The SMILES string of the molecule is O=C1[C@@H](O)C23CC=CCC12CC=CC3. The van der Waals surface area contributed by atoms with E-state index in [0.29, 0.717) is 0 Å². The Labute approximate surface area is 83.3 Å². The number of hydrogen-bond acceptors (Lipinski definition) is 2. The molecule has 74 valence electrons. The largest absolute Gasteiger partial charge is 0.385 e. The van der Waals surface area contributed by atoms with Crippen LogP contribution in [0.2, 0.25) is 0 Å². The first-order valence-electron chi connectivity index (χ1n) is 5.25. The molecule has 2 nitrogen and oxygen atoms in total. The molecular formula is C12H14O2. The minimum atomic E-state index is -0.711. The van der Waals surface area contributed by atoms with E-state index < -0.39 is 6.10 Å². The van der Waals surface area contributed by atoms with Crippen molar-refractivity contribution in [2.45, 2.75) is 31.8 Å². The van der Waals surface area contributed by atoms with Crippen LogP contribution in [0, 0.1) is 10.8 Å². The highest BCUT2D eigenvalue weighted by atomic mass is 16.3. The van der Waals surface area contributed by atoms with Crippen molar-refractivity contribution in [1.29, 1.82) is 0 Å². The Balaban J connectivity index is 2.13. The van der Waals surface area contributed by atoms with Gasteiger partial charge < -0.3 is 5.11 Å². The number of hydrogen-bond donors (Lipinski definition) is 1. The molecule has 0 amide bonds. The van der Waals surface area contributed by atoms with Crippen LogP contribution in [0.15, 0.2) is 24.3 Å². The monoisotopic (exact) mass is 190 g/mol. The van der Waals surface area contributed by atoms with Crippen LogP contribution in [-0.4, -0.2) is 17.0 Å². The van der Waals surface area contributed by atoms with Crippen LogP contribution in [0.1, 0.15) is 25.7 Å². The fourth-order valence-electron chi connectivity index (χ4n) is 3.49. The molecule has 0 radical (unpaired) electrons. The van der Waals surface area contributed by atoms with Crippen molar-refractivity contribution in [3.05, 3.63) is 24.3 Å². The van der Waals surface area contributed by atoms with Crippen LogP contribution in [-0.2, 0) is 4.79 Å². The molecule has 0 bridgehead atoms. The smallest absolute Gasteiger partial charge is 0.169 e. The van der Waals surface area contributed by atoms with Crippen LogP contribution < -0.4 is 0 Å². The van der Waals surface area contributed by atoms with E-state index in [4.69, 9.17) is 0 Å². The van der Waals surface area contributed by atoms with E-state index in [1.54, 1.807) is 0 Å². The Morgan fingerprint density at radius 2 is 1.57 bits per heavy atom. The number of Topliss-reactive ketones (excluding diaryl/α,β-unsaturated/α-hetero) is 1. The molecule has 1 saturated carbocycles. The number of carbonyl (C=O) groups excluding carboxylic acids is 1. The molecule has 3 rings (SSSR count). The minimum Gasteiger partial charge on any atom is -0.385 e. The lowest BCUT2D eigenvalue weighted by atomic mass is 9.39. The van der Waals surface area contributed by atoms with Crippen molar-refractivity contribution < 1.29 is 9.90 Å². The van der Waals surface area contributed by atoms with Gasteiger partial charge in [0.15, 0.2) is 5.78 Å². The van der Waals surface area contributed by atoms with Crippen LogP contribution >= 0.6 is 0 Å². The number of aliphatic hydroxyl groups excluding tert-OH is 1. The first-order chi connectivity index (χ1) is 6.73. The van der Waals surface area contributed by atoms with E-state index in [1.165, 1.54) is 0 Å². The molecule has 0 heterocycles. The van der Waals surface area contributed by atoms with Gasteiger partial charge in [-0.25, -0.2) is 0 Å². The summed E-state index contributed by atoms with van der Waals surface area (Å²) in [5, 5.41) is 9.88. The van der Waals surface area contributed by atoms with Gasteiger partial charge in [0, 0.05) is 10.8 Å². The first kappa shape index (κ1) is 8.42. The Kier molecular flexibility index (Phi) is 1.43. The molecule has 3 aliphatic carbocycles. The number of carbonyl (C=O) groups is 1. The molecule has 0 aromatic carbocycles. The van der Waals surface area contributed by atoms with Crippen LogP contribution in [0.4, 0.5) is 0 Å². The highest BCUT2D eigenvalue weighted by Gasteiger charge is 2.70. The van der Waals surface area contributed by atoms with Gasteiger partial charge in [0.2, 0.25) is 0 Å². The summed E-state index contributed by atoms with van der Waals surface area (Å²) in [6.45, 7) is 0. The second-order valence-corrected chi connectivity index (χ2v) is 4.76. The zero-order chi connectivity index (χ0) is 9.81. The van der Waals surface area contributed by atoms with Crippen LogP contribution in [0.5, 0.6) is 0 Å². The summed E-state index contributed by atoms with van der Waals surface area (Å²) >= 11 is 0. The fraction of sp³-hybridized carbons (Fsp3) is 0.583. The van der Waals surface area contributed by atoms with E-state index in [0.717, 1.165) is 25.7 Å². The van der Waals surface area contributed by atoms with Crippen LogP contribution in [0.3, 0.4) is 0 Å². The van der Waals surface area contributed by atoms with Gasteiger partial charge in [0.05, 0.1) is 0 Å². The van der Waals surface area contributed by atoms with Gasteiger partial charge in [0.1, 0.15) is 6.10 Å². The highest BCUT2D eigenvalue weighted by Crippen LogP contribution is 2.65. The average molecular weight is 190 g/mol. The predicted molar refractivity (Wildman–Crippen MR) is 52.6 cm³/mol. The maximum atomic E-state index is 11.8. The maximum Gasteiger partial charge on any atom is 0.169 e. The standard InChI is InChI=1S/C12H14O2/c13-9-10(14)12-6-2-1-5-11(9,12)7-3-4-8-12/h1-4,9,13H,5-8H2/t9-,11?,12?/m1/s1. The van der Waals surface area contributed by atoms with Gasteiger partial charge in [-0.05, 0) is 25.7 Å². The zero-order valence-corrected chi connectivity index (χ0v) is 8.07. The third kappa shape index (κ3) is 0.640. The lowest BCUT2D eigenvalue weighted by Gasteiger charge is -2.63. The molecule has 0 unspecified atom stereocenters. The van der Waals surface area contributed by atoms with Gasteiger partial charge in [-0.2, -0.15) is 0 Å². The topological polar surface area (TPSA) is 37.3 Å². The van der Waals surface area contributed by atoms with E-state index in [1.807, 2.05) is 0 Å². The number of ketones is 1. The average Bonchev–Trinajstić information content (AvgIpc) is 2.26. The quantitative estimate of drug-likeness (QED) is 0.589. The van der Waals surface area contributed by atoms with E-state index in [-0.39, 0.29) is 16.6 Å². The van der Waals surface area contributed by atoms with Crippen molar-refractivity contribution in [3.63, 3.8) is 0 Å². The van der Waals surface area contributed by atoms with Crippen molar-refractivity contribution in [1.82, 2.24) is 0 Å². The lowest BCUT2D eigenvalue weighted by molar-refractivity contribution is -0.197. The maximum absolute atomic E-state index is 11.8. The third-order valence-corrected chi connectivity index (χ3v) is 4.43. The molecule has 1 N–H and O–H groups in total. The molecule has 0 aromatic heterocycles. The molecule has 1 fully saturated rings. The third-order valence-electron chi connectivity index (χ3n) is 4.43. The Morgan fingerprint density at radius 1 is 1.07 bits per heavy atom. The van der Waals surface area contributed by atoms with E-state index in [9.17, 15) is 9.90 Å². The Bertz CT molecular complexity index is 333. The van der Waals surface area contributed by atoms with Crippen LogP contribution in [0.25, 0.3) is 0 Å². The summed E-state index contributed by atoms with van der Waals surface area (Å²) in [7, 11) is 0. The Hall–Kier alpha value is -0.890. The zero-order valence-electron chi connectivity index (χ0n) is 8.07. The van der Waals surface area contributed by atoms with E-state index >= 15 is 0 Å². The molecule has 0 aliphatic heterocycles. The lowest BCUT2D eigenvalue weighted by Crippen LogP contribution is -2.70. The summed E-state index contributed by atoms with van der Waals surface area (Å²) in [5.41, 5.74) is -0.385. The van der Waals surface area contributed by atoms with Crippen molar-refractivity contribution in [2.75, 3.05) is 0 Å². The summed E-state index contributed by atoms with van der Waals surface area (Å²) < 4.78 is 0. The minimum absolute atomic E-state index is 0.0752.